The largest absolute Gasteiger partial charge is 0.327 e. The number of urea groups is 1. The van der Waals surface area contributed by atoms with Crippen LogP contribution in [0.2, 0.25) is 5.02 Å². The van der Waals surface area contributed by atoms with Gasteiger partial charge in [-0.05, 0) is 43.2 Å². The first kappa shape index (κ1) is 14.8. The van der Waals surface area contributed by atoms with Gasteiger partial charge in [0, 0.05) is 17.1 Å². The second-order valence-electron chi connectivity index (χ2n) is 5.28. The zero-order valence-electron chi connectivity index (χ0n) is 11.9. The Morgan fingerprint density at radius 3 is 2.86 bits per heavy atom. The lowest BCUT2D eigenvalue weighted by Gasteiger charge is -2.37. The van der Waals surface area contributed by atoms with Crippen molar-refractivity contribution < 1.29 is 14.0 Å². The quantitative estimate of drug-likeness (QED) is 0.908. The van der Waals surface area contributed by atoms with E-state index in [1.807, 2.05) is 6.08 Å². The molecule has 1 N–H and O–H groups in total. The molecule has 1 unspecified atom stereocenters. The summed E-state index contributed by atoms with van der Waals surface area (Å²) >= 11 is 5.89. The monoisotopic (exact) mass is 320 g/mol. The number of rotatable bonds is 2. The Kier molecular flexibility index (Phi) is 3.74. The fraction of sp³-hybridized carbons (Fsp3) is 0.250. The molecule has 2 amide bonds. The van der Waals surface area contributed by atoms with Crippen LogP contribution in [0.4, 0.5) is 9.18 Å². The molecule has 0 aliphatic carbocycles. The summed E-state index contributed by atoms with van der Waals surface area (Å²) in [7, 11) is 0. The number of hydrogen-bond donors (Lipinski definition) is 1. The molecule has 0 spiro atoms. The van der Waals surface area contributed by atoms with Crippen molar-refractivity contribution >= 4 is 23.4 Å². The summed E-state index contributed by atoms with van der Waals surface area (Å²) in [5.74, 6) is -0.678. The maximum absolute atomic E-state index is 13.6. The number of ketones is 1. The van der Waals surface area contributed by atoms with Gasteiger partial charge in [0.1, 0.15) is 5.82 Å². The van der Waals surface area contributed by atoms with E-state index in [4.69, 9.17) is 11.6 Å². The second-order valence-corrected chi connectivity index (χ2v) is 5.72. The summed E-state index contributed by atoms with van der Waals surface area (Å²) in [5.41, 5.74) is 1.47. The smallest absolute Gasteiger partial charge is 0.322 e. The molecule has 0 aromatic heterocycles. The minimum Gasteiger partial charge on any atom is -0.327 e. The lowest BCUT2D eigenvalue weighted by Crippen LogP contribution is -2.48. The van der Waals surface area contributed by atoms with Gasteiger partial charge in [-0.25, -0.2) is 9.18 Å². The van der Waals surface area contributed by atoms with Crippen molar-refractivity contribution in [2.75, 3.05) is 6.54 Å². The molecule has 0 radical (unpaired) electrons. The average Bonchev–Trinajstić information content (AvgIpc) is 2.45. The molecule has 4 nitrogen and oxygen atoms in total. The number of Topliss-reactive ketones (excluding diaryl/α,β-unsaturated/α-hetero) is 1. The molecule has 2 aliphatic heterocycles. The number of carbonyl (C=O) groups excluding carboxylic acids is 2. The molecule has 6 heteroatoms. The lowest BCUT2D eigenvalue weighted by molar-refractivity contribution is -0.114. The van der Waals surface area contributed by atoms with E-state index in [2.05, 4.69) is 5.32 Å². The number of halogens is 2. The molecule has 2 heterocycles. The van der Waals surface area contributed by atoms with E-state index in [-0.39, 0.29) is 16.8 Å². The first-order chi connectivity index (χ1) is 10.5. The van der Waals surface area contributed by atoms with Crippen molar-refractivity contribution in [3.8, 4) is 0 Å². The van der Waals surface area contributed by atoms with Crippen LogP contribution >= 0.6 is 11.6 Å². The third-order valence-corrected chi connectivity index (χ3v) is 3.98. The van der Waals surface area contributed by atoms with Gasteiger partial charge >= 0.3 is 6.03 Å². The summed E-state index contributed by atoms with van der Waals surface area (Å²) in [6.07, 6.45) is 4.43. The summed E-state index contributed by atoms with van der Waals surface area (Å²) in [5, 5.41) is 2.99. The molecular weight excluding hydrogens is 307 g/mol. The van der Waals surface area contributed by atoms with Gasteiger partial charge in [0.25, 0.3) is 0 Å². The Hall–Kier alpha value is -2.14. The first-order valence-corrected chi connectivity index (χ1v) is 7.31. The summed E-state index contributed by atoms with van der Waals surface area (Å²) in [6.45, 7) is 1.96. The maximum atomic E-state index is 13.6. The number of carbonyl (C=O) groups is 2. The summed E-state index contributed by atoms with van der Waals surface area (Å²) in [6, 6.07) is 3.02. The molecule has 22 heavy (non-hydrogen) atoms. The molecule has 114 valence electrons. The molecule has 0 saturated heterocycles. The molecule has 1 aromatic rings. The number of nitrogens with one attached hydrogen (secondary N) is 1. The van der Waals surface area contributed by atoms with E-state index in [9.17, 15) is 14.0 Å². The third-order valence-electron chi connectivity index (χ3n) is 3.76. The number of hydrogen-bond acceptors (Lipinski definition) is 2. The number of amides is 2. The molecule has 1 aromatic carbocycles. The summed E-state index contributed by atoms with van der Waals surface area (Å²) < 4.78 is 13.6. The fourth-order valence-corrected chi connectivity index (χ4v) is 3.08. The normalized spacial score (nSPS) is 20.8. The Morgan fingerprint density at radius 1 is 1.41 bits per heavy atom. The lowest BCUT2D eigenvalue weighted by atomic mass is 9.91. The van der Waals surface area contributed by atoms with Crippen LogP contribution in [0, 0.1) is 5.82 Å². The van der Waals surface area contributed by atoms with Gasteiger partial charge < -0.3 is 5.32 Å². The highest BCUT2D eigenvalue weighted by atomic mass is 35.5. The Balaban J connectivity index is 2.17. The topological polar surface area (TPSA) is 49.4 Å². The highest BCUT2D eigenvalue weighted by Crippen LogP contribution is 2.34. The minimum absolute atomic E-state index is 0.170. The van der Waals surface area contributed by atoms with Crippen molar-refractivity contribution in [3.63, 3.8) is 0 Å². The van der Waals surface area contributed by atoms with E-state index in [1.165, 1.54) is 24.0 Å². The molecule has 1 atom stereocenters. The van der Waals surface area contributed by atoms with Gasteiger partial charge in [0.2, 0.25) is 0 Å². The van der Waals surface area contributed by atoms with Gasteiger partial charge in [0.15, 0.2) is 5.78 Å². The van der Waals surface area contributed by atoms with Gasteiger partial charge in [-0.1, -0.05) is 17.7 Å². The van der Waals surface area contributed by atoms with Crippen LogP contribution in [0.15, 0.2) is 41.6 Å². The number of nitrogens with zero attached hydrogens (tertiary/aromatic N) is 1. The Bertz CT molecular complexity index is 707. The van der Waals surface area contributed by atoms with Gasteiger partial charge in [0.05, 0.1) is 11.7 Å². The molecule has 2 aliphatic rings. The Labute approximate surface area is 132 Å². The minimum atomic E-state index is -0.702. The zero-order chi connectivity index (χ0) is 15.9. The summed E-state index contributed by atoms with van der Waals surface area (Å²) in [4.78, 5) is 25.9. The van der Waals surface area contributed by atoms with Crippen LogP contribution in [-0.4, -0.2) is 23.3 Å². The SMILES string of the molecule is CC(=O)C1=C2C=CCCN2C(=O)NC1c1cc(F)cc(Cl)c1. The van der Waals surface area contributed by atoms with Crippen molar-refractivity contribution in [2.24, 2.45) is 0 Å². The molecule has 0 saturated carbocycles. The maximum Gasteiger partial charge on any atom is 0.322 e. The van der Waals surface area contributed by atoms with E-state index in [0.29, 0.717) is 23.4 Å². The van der Waals surface area contributed by atoms with E-state index < -0.39 is 11.9 Å². The predicted octanol–water partition coefficient (Wildman–Crippen LogP) is 3.35. The highest BCUT2D eigenvalue weighted by Gasteiger charge is 2.35. The van der Waals surface area contributed by atoms with Crippen LogP contribution in [0.1, 0.15) is 24.9 Å². The van der Waals surface area contributed by atoms with Crippen LogP contribution in [0.5, 0.6) is 0 Å². The third kappa shape index (κ3) is 2.52. The van der Waals surface area contributed by atoms with Crippen molar-refractivity contribution in [1.29, 1.82) is 0 Å². The van der Waals surface area contributed by atoms with Gasteiger partial charge in [-0.3, -0.25) is 9.69 Å². The number of fused-ring (bicyclic) bond motifs is 1. The molecule has 0 fully saturated rings. The van der Waals surface area contributed by atoms with Crippen molar-refractivity contribution in [3.05, 3.63) is 58.0 Å². The second kappa shape index (κ2) is 5.57. The Morgan fingerprint density at radius 2 is 2.18 bits per heavy atom. The van der Waals surface area contributed by atoms with Crippen LogP contribution < -0.4 is 5.32 Å². The standard InChI is InChI=1S/C16H14ClFN2O2/c1-9(21)14-13-4-2-3-5-20(13)16(22)19-15(14)10-6-11(17)8-12(18)7-10/h2,4,6-8,15H,3,5H2,1H3,(H,19,22). The van der Waals surface area contributed by atoms with Crippen LogP contribution in [0.25, 0.3) is 0 Å². The average molecular weight is 321 g/mol. The van der Waals surface area contributed by atoms with Crippen molar-refractivity contribution in [2.45, 2.75) is 19.4 Å². The molecule has 3 rings (SSSR count). The first-order valence-electron chi connectivity index (χ1n) is 6.93. The van der Waals surface area contributed by atoms with E-state index >= 15 is 0 Å². The molecular formula is C16H14ClFN2O2. The van der Waals surface area contributed by atoms with E-state index in [0.717, 1.165) is 6.42 Å². The number of allylic oxidation sites excluding steroid dienone is 1. The van der Waals surface area contributed by atoms with Gasteiger partial charge in [-0.15, -0.1) is 0 Å². The van der Waals surface area contributed by atoms with E-state index in [1.54, 1.807) is 12.1 Å². The number of benzene rings is 1. The fourth-order valence-electron chi connectivity index (χ4n) is 2.85. The highest BCUT2D eigenvalue weighted by molar-refractivity contribution is 6.30. The van der Waals surface area contributed by atoms with Crippen LogP contribution in [-0.2, 0) is 4.79 Å². The van der Waals surface area contributed by atoms with Crippen LogP contribution in [0.3, 0.4) is 0 Å². The zero-order valence-corrected chi connectivity index (χ0v) is 12.7. The van der Waals surface area contributed by atoms with Crippen molar-refractivity contribution in [1.82, 2.24) is 10.2 Å². The van der Waals surface area contributed by atoms with Gasteiger partial charge in [-0.2, -0.15) is 0 Å². The molecule has 0 bridgehead atoms. The predicted molar refractivity (Wildman–Crippen MR) is 80.9 cm³/mol.